The lowest BCUT2D eigenvalue weighted by atomic mass is 9.82. The van der Waals surface area contributed by atoms with Gasteiger partial charge in [-0.15, -0.1) is 0 Å². The molecule has 11 aliphatic rings. The molecule has 32 nitrogen and oxygen atoms in total. The monoisotopic (exact) mass is 1830 g/mol. The standard InChI is InChI=1S/C24H32N6O2.C21H26N4O2.C20H22N4O2.C19H23N5O2.C19H22N4O/c1-16(2)32-23-13-20-21(14-26-23)27-28-24(20)18-4-5-25-22(12-18)30-8-6-29(7-9-30)15-17-10-19(11-17)31-3;1-14(2)27-20-10-18-16(11-23-20)12-24-21(18)15-6-7-22-19(9-15)25-8-4-5-17(13-25)26-3;1-20(3-4-20)26-18-11-16-15(12-22-18)13-23-19(16)14-2-5-21-17(10-14)24-6-8-25-9-7-24;1-12(2)26-18-6-15-14(8-20-18)9-21-19(15)16-7-17(23-11-22-16)24-4-5-25-13(3)10-24;1-13(2)24-18-10-16-15(11-21-18)12-22-19(16)14-5-6-20-17(9-14)23-7-3-4-8-23/h4-5,12-14,16-17,19H,6-11,15H2,1-3H3,(H,27,28);6-7,9-11,14,17H,4-5,8,12-13H2,1-3H3;2,5,10-12H,3-4,6-9,13H2,1H3;6-8,11-13H,4-5,9-10H2,1-3H3;5-6,9-11,13H,3-4,7-8,12H2,1-2H3/t;;;13-;/m...0./s1. The first-order chi connectivity index (χ1) is 65.7. The Balaban J connectivity index is 0.000000113. The van der Waals surface area contributed by atoms with Crippen molar-refractivity contribution >= 4 is 62.8 Å². The van der Waals surface area contributed by atoms with Crippen LogP contribution in [-0.2, 0) is 45.1 Å². The van der Waals surface area contributed by atoms with E-state index in [2.05, 4.69) is 138 Å². The van der Waals surface area contributed by atoms with Gasteiger partial charge in [-0.05, 0) is 175 Å². The molecular weight excluding hydrogens is 1700 g/mol. The van der Waals surface area contributed by atoms with E-state index in [4.69, 9.17) is 57.6 Å². The molecular formula is C103H125N23O9. The van der Waals surface area contributed by atoms with Crippen LogP contribution in [0.1, 0.15) is 187 Å². The molecule has 11 aromatic rings. The second kappa shape index (κ2) is 42.5. The van der Waals surface area contributed by atoms with Gasteiger partial charge in [0.05, 0.1) is 129 Å². The van der Waals surface area contributed by atoms with Crippen LogP contribution in [0.2, 0.25) is 0 Å². The summed E-state index contributed by atoms with van der Waals surface area (Å²) in [6.45, 7) is 37.9. The molecule has 7 fully saturated rings. The SMILES string of the molecule is CC(C)Oc1cc2c(cn1)CN=C2c1cc(N2CCO[C@@H](C)C2)ncn1.CC(C)Oc1cc2c(cn1)CN=C2c1ccnc(N2CCCC2)c1.CC1(Oc2cc3c(cn2)CN=C3c2ccnc(N3CCOCC3)c2)CC1.COC1CC(CN2CCN(c3cc(-c4n[nH]c5cnc(OC(C)C)cc45)ccn3)CC2)C1.COC1CCCN(c2cc(C3=NCc4cnc(OC(C)C)cc43)ccn2)C1. The van der Waals surface area contributed by atoms with Crippen molar-refractivity contribution in [2.24, 2.45) is 25.9 Å². The topological polar surface area (TPSA) is 322 Å². The van der Waals surface area contributed by atoms with Crippen LogP contribution in [0, 0.1) is 5.92 Å². The molecule has 1 unspecified atom stereocenters. The van der Waals surface area contributed by atoms with Gasteiger partial charge in [0.2, 0.25) is 29.4 Å². The molecule has 2 atom stereocenters. The molecule has 32 heteroatoms. The number of morpholine rings is 2. The van der Waals surface area contributed by atoms with Gasteiger partial charge in [-0.2, -0.15) is 5.10 Å². The summed E-state index contributed by atoms with van der Waals surface area (Å²) >= 11 is 0. The molecule has 2 saturated carbocycles. The lowest BCUT2D eigenvalue weighted by Crippen LogP contribution is -2.49. The van der Waals surface area contributed by atoms with E-state index < -0.39 is 0 Å². The normalized spacial score (nSPS) is 19.6. The van der Waals surface area contributed by atoms with Crippen molar-refractivity contribution in [2.75, 3.05) is 144 Å². The Morgan fingerprint density at radius 1 is 0.422 bits per heavy atom. The van der Waals surface area contributed by atoms with Gasteiger partial charge < -0.3 is 67.1 Å². The van der Waals surface area contributed by atoms with Crippen LogP contribution in [0.4, 0.5) is 29.1 Å². The first kappa shape index (κ1) is 92.8. The van der Waals surface area contributed by atoms with Crippen molar-refractivity contribution in [3.05, 3.63) is 214 Å². The second-order valence-electron chi connectivity index (χ2n) is 37.5. The van der Waals surface area contributed by atoms with Gasteiger partial charge in [-0.25, -0.2) is 54.8 Å². The zero-order chi connectivity index (χ0) is 93.1. The fourth-order valence-corrected chi connectivity index (χ4v) is 18.4. The number of aliphatic imine (C=N–C) groups is 4. The molecule has 0 spiro atoms. The molecule has 0 radical (unpaired) electrons. The summed E-state index contributed by atoms with van der Waals surface area (Å²) in [5, 5.41) is 8.66. The highest BCUT2D eigenvalue weighted by molar-refractivity contribution is 6.17. The minimum absolute atomic E-state index is 0.0304. The number of piperazine rings is 1. The number of aromatic amines is 1. The molecule has 1 N–H and O–H groups in total. The second-order valence-corrected chi connectivity index (χ2v) is 37.5. The van der Waals surface area contributed by atoms with Gasteiger partial charge in [0.1, 0.15) is 46.7 Å². The zero-order valence-electron chi connectivity index (χ0n) is 79.8. The van der Waals surface area contributed by atoms with Crippen molar-refractivity contribution in [1.82, 2.24) is 69.9 Å². The summed E-state index contributed by atoms with van der Waals surface area (Å²) < 4.78 is 51.1. The number of nitrogens with zero attached hydrogens (tertiary/aromatic N) is 22. The number of methoxy groups -OCH3 is 2. The molecule has 135 heavy (non-hydrogen) atoms. The van der Waals surface area contributed by atoms with E-state index in [1.165, 1.54) is 32.2 Å². The molecule has 2 aliphatic carbocycles. The molecule has 11 aromatic heterocycles. The fraction of sp³-hybridized carbons (Fsp3) is 0.476. The Labute approximate surface area is 790 Å². The third kappa shape index (κ3) is 23.0. The number of pyridine rings is 9. The number of aromatic nitrogens is 13. The van der Waals surface area contributed by atoms with Crippen LogP contribution in [-0.4, -0.2) is 260 Å². The highest BCUT2D eigenvalue weighted by Gasteiger charge is 2.41. The molecule has 0 bridgehead atoms. The van der Waals surface area contributed by atoms with Gasteiger partial charge in [-0.3, -0.25) is 30.0 Å². The van der Waals surface area contributed by atoms with Crippen LogP contribution in [0.25, 0.3) is 22.2 Å². The van der Waals surface area contributed by atoms with Gasteiger partial charge in [0, 0.05) is 257 Å². The van der Waals surface area contributed by atoms with Crippen molar-refractivity contribution < 1.29 is 42.6 Å². The number of piperidine rings is 1. The highest BCUT2D eigenvalue weighted by atomic mass is 16.5. The maximum Gasteiger partial charge on any atom is 0.214 e. The van der Waals surface area contributed by atoms with Crippen LogP contribution >= 0.6 is 0 Å². The lowest BCUT2D eigenvalue weighted by molar-refractivity contribution is -0.0113. The fourth-order valence-electron chi connectivity index (χ4n) is 18.4. The van der Waals surface area contributed by atoms with Crippen LogP contribution in [0.15, 0.2) is 167 Å². The predicted octanol–water partition coefficient (Wildman–Crippen LogP) is 14.6. The van der Waals surface area contributed by atoms with Crippen LogP contribution in [0.3, 0.4) is 0 Å². The molecule has 9 aliphatic heterocycles. The average Bonchev–Trinajstić information content (AvgIpc) is 1.74. The van der Waals surface area contributed by atoms with E-state index in [1.54, 1.807) is 19.6 Å². The van der Waals surface area contributed by atoms with E-state index in [0.29, 0.717) is 68.3 Å². The number of hydrogen-bond donors (Lipinski definition) is 1. The third-order valence-electron chi connectivity index (χ3n) is 25.7. The number of hydrogen-bond acceptors (Lipinski definition) is 31. The van der Waals surface area contributed by atoms with E-state index in [1.807, 2.05) is 173 Å². The van der Waals surface area contributed by atoms with Crippen molar-refractivity contribution in [3.8, 4) is 40.7 Å². The first-order valence-electron chi connectivity index (χ1n) is 48.0. The summed E-state index contributed by atoms with van der Waals surface area (Å²) in [5.41, 5.74) is 19.7. The number of H-pyrrole nitrogens is 1. The highest BCUT2D eigenvalue weighted by Crippen LogP contribution is 2.41. The molecule has 706 valence electrons. The number of nitrogens with one attached hydrogen (secondary N) is 1. The molecule has 20 heterocycles. The van der Waals surface area contributed by atoms with E-state index in [-0.39, 0.29) is 42.2 Å². The van der Waals surface area contributed by atoms with E-state index in [0.717, 1.165) is 264 Å². The number of anilines is 5. The molecule has 0 amide bonds. The summed E-state index contributed by atoms with van der Waals surface area (Å²) in [6, 6.07) is 28.7. The Hall–Kier alpha value is -12.6. The van der Waals surface area contributed by atoms with Crippen molar-refractivity contribution in [2.45, 2.75) is 195 Å². The maximum absolute atomic E-state index is 6.04. The zero-order valence-corrected chi connectivity index (χ0v) is 79.8. The molecule has 5 saturated heterocycles. The van der Waals surface area contributed by atoms with Gasteiger partial charge >= 0.3 is 0 Å². The number of fused-ring (bicyclic) bond motifs is 5. The Morgan fingerprint density at radius 3 is 1.36 bits per heavy atom. The number of ether oxygens (including phenoxy) is 9. The van der Waals surface area contributed by atoms with Crippen molar-refractivity contribution in [1.29, 1.82) is 0 Å². The first-order valence-corrected chi connectivity index (χ1v) is 48.0. The van der Waals surface area contributed by atoms with Gasteiger partial charge in [0.25, 0.3) is 0 Å². The van der Waals surface area contributed by atoms with E-state index >= 15 is 0 Å². The molecule has 0 aromatic carbocycles. The summed E-state index contributed by atoms with van der Waals surface area (Å²) in [4.78, 5) is 82.3. The Kier molecular flexibility index (Phi) is 29.2. The van der Waals surface area contributed by atoms with Gasteiger partial charge in [-0.1, -0.05) is 0 Å². The van der Waals surface area contributed by atoms with Crippen LogP contribution < -0.4 is 48.2 Å². The van der Waals surface area contributed by atoms with Gasteiger partial charge in [0.15, 0.2) is 0 Å². The smallest absolute Gasteiger partial charge is 0.214 e. The third-order valence-corrected chi connectivity index (χ3v) is 25.7. The van der Waals surface area contributed by atoms with E-state index in [9.17, 15) is 0 Å². The minimum Gasteiger partial charge on any atom is -0.475 e. The Bertz CT molecular complexity index is 6070. The minimum atomic E-state index is -0.0304. The lowest BCUT2D eigenvalue weighted by Gasteiger charge is -2.41. The average molecular weight is 1830 g/mol. The summed E-state index contributed by atoms with van der Waals surface area (Å²) in [5.74, 6) is 8.96. The Morgan fingerprint density at radius 2 is 0.852 bits per heavy atom. The summed E-state index contributed by atoms with van der Waals surface area (Å²) in [6.07, 6.45) is 29.0. The number of rotatable bonds is 24. The van der Waals surface area contributed by atoms with Crippen molar-refractivity contribution in [3.63, 3.8) is 0 Å². The summed E-state index contributed by atoms with van der Waals surface area (Å²) in [7, 11) is 3.61. The quantitative estimate of drug-likeness (QED) is 0.0587. The predicted molar refractivity (Wildman–Crippen MR) is 524 cm³/mol. The molecule has 22 rings (SSSR count). The maximum atomic E-state index is 6.04. The van der Waals surface area contributed by atoms with Crippen LogP contribution in [0.5, 0.6) is 29.4 Å². The largest absolute Gasteiger partial charge is 0.475 e.